The van der Waals surface area contributed by atoms with Gasteiger partial charge in [-0.1, -0.05) is 28.9 Å². The van der Waals surface area contributed by atoms with Gasteiger partial charge in [-0.3, -0.25) is 4.79 Å². The molecule has 0 bridgehead atoms. The molecule has 0 saturated carbocycles. The van der Waals surface area contributed by atoms with E-state index in [1.165, 1.54) is 16.4 Å². The van der Waals surface area contributed by atoms with E-state index in [1.807, 2.05) is 12.1 Å². The van der Waals surface area contributed by atoms with Gasteiger partial charge in [-0.2, -0.15) is 4.31 Å². The second-order valence-electron chi connectivity index (χ2n) is 6.58. The first kappa shape index (κ1) is 19.1. The van der Waals surface area contributed by atoms with Crippen molar-refractivity contribution in [3.8, 4) is 0 Å². The molecule has 0 radical (unpaired) electrons. The van der Waals surface area contributed by atoms with Crippen molar-refractivity contribution >= 4 is 37.5 Å². The van der Waals surface area contributed by atoms with Crippen LogP contribution in [0.2, 0.25) is 0 Å². The Hall–Kier alpha value is -1.70. The van der Waals surface area contributed by atoms with Gasteiger partial charge in [0, 0.05) is 28.8 Å². The molecule has 2 aromatic rings. The molecule has 1 saturated heterocycles. The maximum Gasteiger partial charge on any atom is 0.255 e. The molecular weight excluding hydrogens is 416 g/mol. The average molecular weight is 437 g/mol. The largest absolute Gasteiger partial charge is 0.322 e. The molecule has 2 aromatic carbocycles. The average Bonchev–Trinajstić information content (AvgIpc) is 2.62. The molecule has 26 heavy (non-hydrogen) atoms. The smallest absolute Gasteiger partial charge is 0.255 e. The lowest BCUT2D eigenvalue weighted by Gasteiger charge is -2.29. The predicted molar refractivity (Wildman–Crippen MR) is 106 cm³/mol. The van der Waals surface area contributed by atoms with E-state index in [1.54, 1.807) is 24.3 Å². The van der Waals surface area contributed by atoms with Crippen molar-refractivity contribution < 1.29 is 13.2 Å². The van der Waals surface area contributed by atoms with Crippen LogP contribution >= 0.6 is 15.9 Å². The van der Waals surface area contributed by atoms with Crippen LogP contribution < -0.4 is 5.32 Å². The molecule has 1 heterocycles. The van der Waals surface area contributed by atoms with Crippen molar-refractivity contribution in [1.29, 1.82) is 0 Å². The minimum Gasteiger partial charge on any atom is -0.322 e. The highest BCUT2D eigenvalue weighted by molar-refractivity contribution is 9.10. The highest BCUT2D eigenvalue weighted by Crippen LogP contribution is 2.24. The van der Waals surface area contributed by atoms with Gasteiger partial charge in [-0.25, -0.2) is 8.42 Å². The van der Waals surface area contributed by atoms with Gasteiger partial charge in [0.15, 0.2) is 0 Å². The van der Waals surface area contributed by atoms with Gasteiger partial charge in [0.1, 0.15) is 0 Å². The first-order valence-electron chi connectivity index (χ1n) is 8.53. The molecular formula is C19H21BrN2O3S. The molecule has 1 aliphatic rings. The van der Waals surface area contributed by atoms with Gasteiger partial charge in [-0.15, -0.1) is 0 Å². The summed E-state index contributed by atoms with van der Waals surface area (Å²) in [6, 6.07) is 13.4. The monoisotopic (exact) mass is 436 g/mol. The third kappa shape index (κ3) is 4.34. The normalized spacial score (nSPS) is 16.4. The number of anilines is 1. The van der Waals surface area contributed by atoms with Gasteiger partial charge < -0.3 is 5.32 Å². The lowest BCUT2D eigenvalue weighted by Crippen LogP contribution is -2.37. The molecule has 1 fully saturated rings. The number of benzene rings is 2. The van der Waals surface area contributed by atoms with E-state index in [9.17, 15) is 13.2 Å². The van der Waals surface area contributed by atoms with Gasteiger partial charge in [0.2, 0.25) is 10.0 Å². The number of piperidine rings is 1. The van der Waals surface area contributed by atoms with Crippen molar-refractivity contribution in [3.05, 3.63) is 58.6 Å². The van der Waals surface area contributed by atoms with E-state index in [-0.39, 0.29) is 10.8 Å². The molecule has 3 rings (SSSR count). The summed E-state index contributed by atoms with van der Waals surface area (Å²) in [5, 5.41) is 2.80. The Morgan fingerprint density at radius 2 is 1.77 bits per heavy atom. The SMILES string of the molecule is CC1CCN(S(=O)(=O)c2ccc(C(=O)Nc3cccc(Br)c3)cc2)CC1. The third-order valence-corrected chi connectivity index (χ3v) is 6.99. The molecule has 0 atom stereocenters. The third-order valence-electron chi connectivity index (χ3n) is 4.58. The van der Waals surface area contributed by atoms with Crippen LogP contribution in [0.25, 0.3) is 0 Å². The number of rotatable bonds is 4. The van der Waals surface area contributed by atoms with E-state index in [2.05, 4.69) is 28.2 Å². The summed E-state index contributed by atoms with van der Waals surface area (Å²) >= 11 is 3.36. The van der Waals surface area contributed by atoms with Crippen molar-refractivity contribution in [1.82, 2.24) is 4.31 Å². The topological polar surface area (TPSA) is 66.5 Å². The summed E-state index contributed by atoms with van der Waals surface area (Å²) in [6.45, 7) is 3.24. The number of nitrogens with zero attached hydrogens (tertiary/aromatic N) is 1. The maximum absolute atomic E-state index is 12.7. The first-order valence-corrected chi connectivity index (χ1v) is 10.8. The Labute approximate surface area is 162 Å². The van der Waals surface area contributed by atoms with Crippen LogP contribution in [0.5, 0.6) is 0 Å². The summed E-state index contributed by atoms with van der Waals surface area (Å²) in [4.78, 5) is 12.6. The van der Waals surface area contributed by atoms with Crippen LogP contribution in [-0.4, -0.2) is 31.7 Å². The standard InChI is InChI=1S/C19H21BrN2O3S/c1-14-9-11-22(12-10-14)26(24,25)18-7-5-15(6-8-18)19(23)21-17-4-2-3-16(20)13-17/h2-8,13-14H,9-12H2,1H3,(H,21,23). The molecule has 1 amide bonds. The second-order valence-corrected chi connectivity index (χ2v) is 9.43. The van der Waals surface area contributed by atoms with Crippen molar-refractivity contribution in [2.45, 2.75) is 24.7 Å². The van der Waals surface area contributed by atoms with E-state index >= 15 is 0 Å². The number of amides is 1. The summed E-state index contributed by atoms with van der Waals surface area (Å²) in [6.07, 6.45) is 1.76. The lowest BCUT2D eigenvalue weighted by atomic mass is 10.0. The molecule has 0 unspecified atom stereocenters. The van der Waals surface area contributed by atoms with Crippen molar-refractivity contribution in [2.24, 2.45) is 5.92 Å². The minimum absolute atomic E-state index is 0.228. The molecule has 0 aromatic heterocycles. The molecule has 7 heteroatoms. The van der Waals surface area contributed by atoms with Crippen LogP contribution in [0.15, 0.2) is 57.9 Å². The molecule has 1 N–H and O–H groups in total. The highest BCUT2D eigenvalue weighted by atomic mass is 79.9. The Morgan fingerprint density at radius 3 is 2.38 bits per heavy atom. The van der Waals surface area contributed by atoms with Crippen LogP contribution in [0.4, 0.5) is 5.69 Å². The predicted octanol–water partition coefficient (Wildman–Crippen LogP) is 4.12. The fraction of sp³-hybridized carbons (Fsp3) is 0.316. The Balaban J connectivity index is 1.72. The molecule has 138 valence electrons. The van der Waals surface area contributed by atoms with Gasteiger partial charge >= 0.3 is 0 Å². The summed E-state index contributed by atoms with van der Waals surface area (Å²) in [5.74, 6) is 0.282. The number of nitrogens with one attached hydrogen (secondary N) is 1. The lowest BCUT2D eigenvalue weighted by molar-refractivity contribution is 0.102. The van der Waals surface area contributed by atoms with Gasteiger partial charge in [0.25, 0.3) is 5.91 Å². The molecule has 0 spiro atoms. The number of hydrogen-bond donors (Lipinski definition) is 1. The summed E-state index contributed by atoms with van der Waals surface area (Å²) < 4.78 is 27.8. The zero-order chi connectivity index (χ0) is 18.7. The Kier molecular flexibility index (Phi) is 5.79. The quantitative estimate of drug-likeness (QED) is 0.783. The van der Waals surface area contributed by atoms with Gasteiger partial charge in [0.05, 0.1) is 4.90 Å². The zero-order valence-corrected chi connectivity index (χ0v) is 16.9. The summed E-state index contributed by atoms with van der Waals surface area (Å²) in [7, 11) is -3.50. The van der Waals surface area contributed by atoms with Crippen molar-refractivity contribution in [3.63, 3.8) is 0 Å². The van der Waals surface area contributed by atoms with E-state index in [0.29, 0.717) is 30.3 Å². The second kappa shape index (κ2) is 7.90. The highest BCUT2D eigenvalue weighted by Gasteiger charge is 2.28. The Morgan fingerprint density at radius 1 is 1.12 bits per heavy atom. The van der Waals surface area contributed by atoms with Gasteiger partial charge in [-0.05, 0) is 61.2 Å². The number of halogens is 1. The minimum atomic E-state index is -3.50. The number of sulfonamides is 1. The van der Waals surface area contributed by atoms with E-state index in [4.69, 9.17) is 0 Å². The molecule has 0 aliphatic carbocycles. The van der Waals surface area contributed by atoms with Crippen LogP contribution in [0.3, 0.4) is 0 Å². The van der Waals surface area contributed by atoms with Crippen LogP contribution in [0, 0.1) is 5.92 Å². The zero-order valence-electron chi connectivity index (χ0n) is 14.5. The van der Waals surface area contributed by atoms with E-state index < -0.39 is 10.0 Å². The van der Waals surface area contributed by atoms with E-state index in [0.717, 1.165) is 17.3 Å². The summed E-state index contributed by atoms with van der Waals surface area (Å²) in [5.41, 5.74) is 1.08. The van der Waals surface area contributed by atoms with Crippen LogP contribution in [0.1, 0.15) is 30.1 Å². The fourth-order valence-corrected chi connectivity index (χ4v) is 4.79. The first-order chi connectivity index (χ1) is 12.4. The number of carbonyl (C=O) groups excluding carboxylic acids is 1. The molecule has 1 aliphatic heterocycles. The maximum atomic E-state index is 12.7. The Bertz CT molecular complexity index is 889. The van der Waals surface area contributed by atoms with Crippen molar-refractivity contribution in [2.75, 3.05) is 18.4 Å². The number of hydrogen-bond acceptors (Lipinski definition) is 3. The van der Waals surface area contributed by atoms with Crippen LogP contribution in [-0.2, 0) is 10.0 Å². The fourth-order valence-electron chi connectivity index (χ4n) is 2.92. The molecule has 5 nitrogen and oxygen atoms in total. The number of carbonyl (C=O) groups is 1.